The van der Waals surface area contributed by atoms with Gasteiger partial charge in [-0.3, -0.25) is 4.79 Å². The van der Waals surface area contributed by atoms with Gasteiger partial charge in [0.05, 0.1) is 5.54 Å². The molecule has 0 saturated carbocycles. The SMILES string of the molecule is CCCC(C)(N)C(=O)N1CCN(c2cc(C)ccc2C)CC1.Cl. The molecule has 1 aliphatic rings. The molecule has 1 saturated heterocycles. The van der Waals surface area contributed by atoms with Gasteiger partial charge in [0, 0.05) is 31.9 Å². The van der Waals surface area contributed by atoms with Gasteiger partial charge < -0.3 is 15.5 Å². The number of piperazine rings is 1. The van der Waals surface area contributed by atoms with Crippen LogP contribution in [0.5, 0.6) is 0 Å². The number of rotatable bonds is 4. The highest BCUT2D eigenvalue weighted by molar-refractivity contribution is 5.86. The second kappa shape index (κ2) is 8.02. The van der Waals surface area contributed by atoms with E-state index < -0.39 is 5.54 Å². The van der Waals surface area contributed by atoms with Crippen molar-refractivity contribution in [2.75, 3.05) is 31.1 Å². The minimum absolute atomic E-state index is 0. The van der Waals surface area contributed by atoms with Crippen LogP contribution in [0.4, 0.5) is 5.69 Å². The molecular formula is C18H30ClN3O. The molecule has 1 heterocycles. The van der Waals surface area contributed by atoms with Crippen LogP contribution in [0.2, 0.25) is 0 Å². The maximum absolute atomic E-state index is 12.6. The monoisotopic (exact) mass is 339 g/mol. The number of hydrogen-bond acceptors (Lipinski definition) is 3. The molecule has 1 aromatic carbocycles. The number of carbonyl (C=O) groups excluding carboxylic acids is 1. The summed E-state index contributed by atoms with van der Waals surface area (Å²) >= 11 is 0. The third kappa shape index (κ3) is 4.61. The van der Waals surface area contributed by atoms with Gasteiger partial charge in [-0.2, -0.15) is 0 Å². The number of carbonyl (C=O) groups is 1. The Labute approximate surface area is 146 Å². The molecular weight excluding hydrogens is 310 g/mol. The standard InChI is InChI=1S/C18H29N3O.ClH/c1-5-8-18(4,19)17(22)21-11-9-20(10-12-21)16-13-14(2)6-7-15(16)3;/h6-7,13H,5,8-12,19H2,1-4H3;1H. The van der Waals surface area contributed by atoms with Crippen molar-refractivity contribution < 1.29 is 4.79 Å². The molecule has 23 heavy (non-hydrogen) atoms. The normalized spacial score (nSPS) is 17.4. The molecule has 5 heteroatoms. The van der Waals surface area contributed by atoms with Crippen LogP contribution < -0.4 is 10.6 Å². The average Bonchev–Trinajstić information content (AvgIpc) is 2.49. The highest BCUT2D eigenvalue weighted by Gasteiger charge is 2.33. The van der Waals surface area contributed by atoms with E-state index in [9.17, 15) is 4.79 Å². The van der Waals surface area contributed by atoms with Crippen molar-refractivity contribution in [1.29, 1.82) is 0 Å². The average molecular weight is 340 g/mol. The Morgan fingerprint density at radius 2 is 1.83 bits per heavy atom. The molecule has 1 aliphatic heterocycles. The van der Waals surface area contributed by atoms with Crippen LogP contribution in [0, 0.1) is 13.8 Å². The Balaban J connectivity index is 0.00000264. The van der Waals surface area contributed by atoms with E-state index in [1.165, 1.54) is 16.8 Å². The molecule has 0 aromatic heterocycles. The lowest BCUT2D eigenvalue weighted by atomic mass is 9.95. The van der Waals surface area contributed by atoms with E-state index in [4.69, 9.17) is 5.73 Å². The van der Waals surface area contributed by atoms with Gasteiger partial charge in [0.25, 0.3) is 0 Å². The number of aryl methyl sites for hydroxylation is 2. The van der Waals surface area contributed by atoms with Crippen molar-refractivity contribution in [3.05, 3.63) is 29.3 Å². The van der Waals surface area contributed by atoms with Gasteiger partial charge in [-0.25, -0.2) is 0 Å². The first kappa shape index (κ1) is 19.8. The molecule has 2 rings (SSSR count). The van der Waals surface area contributed by atoms with Gasteiger partial charge in [-0.15, -0.1) is 12.4 Å². The molecule has 1 fully saturated rings. The van der Waals surface area contributed by atoms with E-state index in [0.717, 1.165) is 39.0 Å². The van der Waals surface area contributed by atoms with Crippen molar-refractivity contribution in [2.45, 2.75) is 46.1 Å². The van der Waals surface area contributed by atoms with Crippen LogP contribution in [-0.2, 0) is 4.79 Å². The maximum atomic E-state index is 12.6. The predicted molar refractivity (Wildman–Crippen MR) is 99.5 cm³/mol. The molecule has 1 atom stereocenters. The lowest BCUT2D eigenvalue weighted by Crippen LogP contribution is -2.58. The zero-order valence-corrected chi connectivity index (χ0v) is 15.6. The van der Waals surface area contributed by atoms with Gasteiger partial charge >= 0.3 is 0 Å². The van der Waals surface area contributed by atoms with Crippen molar-refractivity contribution in [3.8, 4) is 0 Å². The van der Waals surface area contributed by atoms with E-state index in [-0.39, 0.29) is 18.3 Å². The minimum atomic E-state index is -0.726. The highest BCUT2D eigenvalue weighted by atomic mass is 35.5. The van der Waals surface area contributed by atoms with E-state index in [2.05, 4.69) is 43.9 Å². The Hall–Kier alpha value is -1.26. The number of amides is 1. The van der Waals surface area contributed by atoms with Crippen molar-refractivity contribution in [2.24, 2.45) is 5.73 Å². The van der Waals surface area contributed by atoms with Crippen LogP contribution in [0.1, 0.15) is 37.8 Å². The number of anilines is 1. The number of nitrogens with zero attached hydrogens (tertiary/aromatic N) is 2. The molecule has 130 valence electrons. The predicted octanol–water partition coefficient (Wildman–Crippen LogP) is 2.89. The molecule has 0 bridgehead atoms. The Kier molecular flexibility index (Phi) is 6.90. The van der Waals surface area contributed by atoms with Crippen LogP contribution in [0.15, 0.2) is 18.2 Å². The maximum Gasteiger partial charge on any atom is 0.242 e. The highest BCUT2D eigenvalue weighted by Crippen LogP contribution is 2.23. The quantitative estimate of drug-likeness (QED) is 0.917. The molecule has 1 amide bonds. The summed E-state index contributed by atoms with van der Waals surface area (Å²) in [5.74, 6) is 0.0926. The topological polar surface area (TPSA) is 49.6 Å². The second-order valence-corrected chi connectivity index (χ2v) is 6.74. The lowest BCUT2D eigenvalue weighted by molar-refractivity contribution is -0.137. The summed E-state index contributed by atoms with van der Waals surface area (Å²) in [5, 5.41) is 0. The fourth-order valence-electron chi connectivity index (χ4n) is 3.20. The third-order valence-electron chi connectivity index (χ3n) is 4.53. The molecule has 1 unspecified atom stereocenters. The van der Waals surface area contributed by atoms with Gasteiger partial charge in [0.1, 0.15) is 0 Å². The van der Waals surface area contributed by atoms with Crippen molar-refractivity contribution >= 4 is 24.0 Å². The summed E-state index contributed by atoms with van der Waals surface area (Å²) in [4.78, 5) is 16.9. The molecule has 0 spiro atoms. The number of nitrogens with two attached hydrogens (primary N) is 1. The largest absolute Gasteiger partial charge is 0.368 e. The number of hydrogen-bond donors (Lipinski definition) is 1. The summed E-state index contributed by atoms with van der Waals surface area (Å²) in [6.45, 7) is 11.4. The van der Waals surface area contributed by atoms with Gasteiger partial charge in [0.15, 0.2) is 0 Å². The van der Waals surface area contributed by atoms with E-state index in [1.807, 2.05) is 11.8 Å². The van der Waals surface area contributed by atoms with Crippen LogP contribution >= 0.6 is 12.4 Å². The summed E-state index contributed by atoms with van der Waals surface area (Å²) in [5.41, 5.74) is 9.31. The van der Waals surface area contributed by atoms with E-state index in [1.54, 1.807) is 0 Å². The smallest absolute Gasteiger partial charge is 0.242 e. The molecule has 1 aromatic rings. The number of benzene rings is 1. The van der Waals surface area contributed by atoms with Crippen LogP contribution in [0.3, 0.4) is 0 Å². The zero-order chi connectivity index (χ0) is 16.3. The molecule has 0 radical (unpaired) electrons. The van der Waals surface area contributed by atoms with E-state index in [0.29, 0.717) is 0 Å². The summed E-state index contributed by atoms with van der Waals surface area (Å²) in [6.07, 6.45) is 1.67. The second-order valence-electron chi connectivity index (χ2n) is 6.74. The van der Waals surface area contributed by atoms with Crippen molar-refractivity contribution in [3.63, 3.8) is 0 Å². The van der Waals surface area contributed by atoms with Crippen LogP contribution in [0.25, 0.3) is 0 Å². The van der Waals surface area contributed by atoms with Crippen LogP contribution in [-0.4, -0.2) is 42.5 Å². The molecule has 2 N–H and O–H groups in total. The Morgan fingerprint density at radius 1 is 1.22 bits per heavy atom. The van der Waals surface area contributed by atoms with E-state index >= 15 is 0 Å². The summed E-state index contributed by atoms with van der Waals surface area (Å²) in [6, 6.07) is 6.54. The fourth-order valence-corrected chi connectivity index (χ4v) is 3.20. The van der Waals surface area contributed by atoms with Crippen molar-refractivity contribution in [1.82, 2.24) is 4.90 Å². The lowest BCUT2D eigenvalue weighted by Gasteiger charge is -2.40. The summed E-state index contributed by atoms with van der Waals surface area (Å²) in [7, 11) is 0. The first-order valence-corrected chi connectivity index (χ1v) is 8.25. The van der Waals surface area contributed by atoms with Gasteiger partial charge in [-0.1, -0.05) is 25.5 Å². The Bertz CT molecular complexity index is 537. The first-order chi connectivity index (χ1) is 10.3. The van der Waals surface area contributed by atoms with Gasteiger partial charge in [-0.05, 0) is 44.4 Å². The number of halogens is 1. The summed E-state index contributed by atoms with van der Waals surface area (Å²) < 4.78 is 0. The minimum Gasteiger partial charge on any atom is -0.368 e. The Morgan fingerprint density at radius 3 is 2.39 bits per heavy atom. The molecule has 0 aliphatic carbocycles. The molecule has 4 nitrogen and oxygen atoms in total. The fraction of sp³-hybridized carbons (Fsp3) is 0.611. The first-order valence-electron chi connectivity index (χ1n) is 8.25. The zero-order valence-electron chi connectivity index (χ0n) is 14.8. The van der Waals surface area contributed by atoms with Gasteiger partial charge in [0.2, 0.25) is 5.91 Å². The third-order valence-corrected chi connectivity index (χ3v) is 4.53.